The van der Waals surface area contributed by atoms with Crippen LogP contribution in [0.2, 0.25) is 0 Å². The Bertz CT molecular complexity index is 143. The summed E-state index contributed by atoms with van der Waals surface area (Å²) in [4.78, 5) is 11.0. The predicted molar refractivity (Wildman–Crippen MR) is 45.5 cm³/mol. The lowest BCUT2D eigenvalue weighted by Crippen LogP contribution is -2.34. The van der Waals surface area contributed by atoms with Crippen LogP contribution in [-0.2, 0) is 9.53 Å². The van der Waals surface area contributed by atoms with Crippen LogP contribution in [0.15, 0.2) is 0 Å². The summed E-state index contributed by atoms with van der Waals surface area (Å²) in [6.45, 7) is 4.05. The van der Waals surface area contributed by atoms with Crippen LogP contribution < -0.4 is 5.73 Å². The molecule has 0 rings (SSSR count). The number of esters is 1. The number of rotatable bonds is 5. The summed E-state index contributed by atoms with van der Waals surface area (Å²) in [6.07, 6.45) is 0.174. The van der Waals surface area contributed by atoms with Crippen LogP contribution in [0.1, 0.15) is 20.3 Å². The van der Waals surface area contributed by atoms with Crippen molar-refractivity contribution in [3.8, 4) is 0 Å². The Labute approximate surface area is 72.7 Å². The molecule has 0 spiro atoms. The van der Waals surface area contributed by atoms with Gasteiger partial charge in [-0.2, -0.15) is 0 Å². The minimum absolute atomic E-state index is 0.0949. The van der Waals surface area contributed by atoms with E-state index < -0.39 is 5.41 Å². The molecule has 0 aromatic rings. The molecule has 0 fully saturated rings. The highest BCUT2D eigenvalue weighted by Gasteiger charge is 2.25. The molecule has 0 heterocycles. The lowest BCUT2D eigenvalue weighted by molar-refractivity contribution is -0.146. The Morgan fingerprint density at radius 1 is 1.67 bits per heavy atom. The maximum Gasteiger partial charge on any atom is 0.306 e. The number of ether oxygens (including phenoxy) is 1. The first-order chi connectivity index (χ1) is 5.58. The van der Waals surface area contributed by atoms with E-state index in [2.05, 4.69) is 0 Å². The summed E-state index contributed by atoms with van der Waals surface area (Å²) in [5.74, 6) is -0.306. The Morgan fingerprint density at radius 3 is 2.58 bits per heavy atom. The van der Waals surface area contributed by atoms with Gasteiger partial charge in [-0.05, 0) is 6.92 Å². The molecule has 0 bridgehead atoms. The monoisotopic (exact) mass is 175 g/mol. The second kappa shape index (κ2) is 5.11. The molecule has 0 aliphatic carbocycles. The summed E-state index contributed by atoms with van der Waals surface area (Å²) < 4.78 is 4.74. The first kappa shape index (κ1) is 11.4. The molecule has 1 atom stereocenters. The van der Waals surface area contributed by atoms with Crippen molar-refractivity contribution in [2.75, 3.05) is 19.8 Å². The van der Waals surface area contributed by atoms with E-state index >= 15 is 0 Å². The van der Waals surface area contributed by atoms with Crippen LogP contribution in [0.4, 0.5) is 0 Å². The smallest absolute Gasteiger partial charge is 0.306 e. The summed E-state index contributed by atoms with van der Waals surface area (Å²) in [5.41, 5.74) is 4.86. The highest BCUT2D eigenvalue weighted by atomic mass is 16.5. The van der Waals surface area contributed by atoms with Crippen molar-refractivity contribution in [1.82, 2.24) is 0 Å². The topological polar surface area (TPSA) is 72.5 Å². The summed E-state index contributed by atoms with van der Waals surface area (Å²) in [5, 5.41) is 8.91. The molecule has 0 aromatic carbocycles. The number of carbonyl (C=O) groups excluding carboxylic acids is 1. The van der Waals surface area contributed by atoms with E-state index in [0.717, 1.165) is 0 Å². The van der Waals surface area contributed by atoms with Crippen LogP contribution in [0.3, 0.4) is 0 Å². The molecule has 3 N–H and O–H groups in total. The Morgan fingerprint density at radius 2 is 2.25 bits per heavy atom. The average Bonchev–Trinajstić information content (AvgIpc) is 2.05. The van der Waals surface area contributed by atoms with Crippen molar-refractivity contribution in [2.24, 2.45) is 11.1 Å². The maximum atomic E-state index is 11.0. The highest BCUT2D eigenvalue weighted by molar-refractivity contribution is 5.70. The van der Waals surface area contributed by atoms with E-state index in [0.29, 0.717) is 6.61 Å². The Balaban J connectivity index is 3.93. The molecule has 0 aliphatic heterocycles. The van der Waals surface area contributed by atoms with E-state index in [1.165, 1.54) is 0 Å². The second-order valence-corrected chi connectivity index (χ2v) is 3.15. The summed E-state index contributed by atoms with van der Waals surface area (Å²) >= 11 is 0. The molecular weight excluding hydrogens is 158 g/mol. The first-order valence-corrected chi connectivity index (χ1v) is 4.04. The summed E-state index contributed by atoms with van der Waals surface area (Å²) in [7, 11) is 0. The van der Waals surface area contributed by atoms with Gasteiger partial charge in [-0.15, -0.1) is 0 Å². The lowest BCUT2D eigenvalue weighted by atomic mass is 9.88. The normalized spacial score (nSPS) is 15.3. The zero-order chi connectivity index (χ0) is 9.61. The predicted octanol–water partition coefficient (Wildman–Crippen LogP) is -0.103. The van der Waals surface area contributed by atoms with E-state index in [1.54, 1.807) is 13.8 Å². The van der Waals surface area contributed by atoms with Gasteiger partial charge in [0.15, 0.2) is 0 Å². The van der Waals surface area contributed by atoms with Crippen molar-refractivity contribution in [2.45, 2.75) is 20.3 Å². The van der Waals surface area contributed by atoms with Gasteiger partial charge < -0.3 is 15.6 Å². The van der Waals surface area contributed by atoms with Crippen LogP contribution in [0, 0.1) is 5.41 Å². The van der Waals surface area contributed by atoms with Gasteiger partial charge in [-0.3, -0.25) is 4.79 Å². The highest BCUT2D eigenvalue weighted by Crippen LogP contribution is 2.18. The van der Waals surface area contributed by atoms with Gasteiger partial charge in [0.1, 0.15) is 0 Å². The SMILES string of the molecule is CCOC(=O)CC(C)(CN)CO. The van der Waals surface area contributed by atoms with E-state index in [-0.39, 0.29) is 25.5 Å². The molecule has 0 aliphatic rings. The first-order valence-electron chi connectivity index (χ1n) is 4.04. The fraction of sp³-hybridized carbons (Fsp3) is 0.875. The lowest BCUT2D eigenvalue weighted by Gasteiger charge is -2.23. The average molecular weight is 175 g/mol. The molecule has 12 heavy (non-hydrogen) atoms. The number of aliphatic hydroxyl groups is 1. The van der Waals surface area contributed by atoms with E-state index in [4.69, 9.17) is 15.6 Å². The largest absolute Gasteiger partial charge is 0.466 e. The van der Waals surface area contributed by atoms with Crippen molar-refractivity contribution in [1.29, 1.82) is 0 Å². The standard InChI is InChI=1S/C8H17NO3/c1-3-12-7(11)4-8(2,5-9)6-10/h10H,3-6,9H2,1-2H3. The molecule has 4 nitrogen and oxygen atoms in total. The van der Waals surface area contributed by atoms with E-state index in [9.17, 15) is 4.79 Å². The zero-order valence-corrected chi connectivity index (χ0v) is 7.67. The van der Waals surface area contributed by atoms with Gasteiger partial charge in [-0.25, -0.2) is 0 Å². The van der Waals surface area contributed by atoms with Crippen LogP contribution in [0.25, 0.3) is 0 Å². The molecule has 0 aromatic heterocycles. The van der Waals surface area contributed by atoms with E-state index in [1.807, 2.05) is 0 Å². The Kier molecular flexibility index (Phi) is 4.85. The second-order valence-electron chi connectivity index (χ2n) is 3.15. The zero-order valence-electron chi connectivity index (χ0n) is 7.67. The fourth-order valence-corrected chi connectivity index (χ4v) is 0.753. The van der Waals surface area contributed by atoms with Crippen LogP contribution in [0.5, 0.6) is 0 Å². The molecule has 72 valence electrons. The maximum absolute atomic E-state index is 11.0. The molecule has 4 heteroatoms. The molecule has 0 radical (unpaired) electrons. The summed E-state index contributed by atoms with van der Waals surface area (Å²) in [6, 6.07) is 0. The molecule has 0 saturated carbocycles. The number of hydrogen-bond acceptors (Lipinski definition) is 4. The van der Waals surface area contributed by atoms with Gasteiger partial charge in [0.25, 0.3) is 0 Å². The third-order valence-corrected chi connectivity index (χ3v) is 1.75. The van der Waals surface area contributed by atoms with Gasteiger partial charge in [0, 0.05) is 12.0 Å². The molecule has 0 saturated heterocycles. The van der Waals surface area contributed by atoms with Crippen molar-refractivity contribution in [3.63, 3.8) is 0 Å². The fourth-order valence-electron chi connectivity index (χ4n) is 0.753. The number of nitrogens with two attached hydrogens (primary N) is 1. The quantitative estimate of drug-likeness (QED) is 0.572. The van der Waals surface area contributed by atoms with Gasteiger partial charge in [0.05, 0.1) is 19.6 Å². The molecular formula is C8H17NO3. The number of aliphatic hydroxyl groups excluding tert-OH is 1. The van der Waals surface area contributed by atoms with Crippen LogP contribution in [-0.4, -0.2) is 30.8 Å². The van der Waals surface area contributed by atoms with Crippen LogP contribution >= 0.6 is 0 Å². The molecule has 0 amide bonds. The third kappa shape index (κ3) is 3.69. The Hall–Kier alpha value is -0.610. The number of carbonyl (C=O) groups is 1. The third-order valence-electron chi connectivity index (χ3n) is 1.75. The van der Waals surface area contributed by atoms with Crippen molar-refractivity contribution in [3.05, 3.63) is 0 Å². The van der Waals surface area contributed by atoms with Gasteiger partial charge in [0.2, 0.25) is 0 Å². The van der Waals surface area contributed by atoms with Gasteiger partial charge >= 0.3 is 5.97 Å². The number of hydrogen-bond donors (Lipinski definition) is 2. The van der Waals surface area contributed by atoms with Gasteiger partial charge in [-0.1, -0.05) is 6.92 Å². The van der Waals surface area contributed by atoms with Crippen molar-refractivity contribution < 1.29 is 14.6 Å². The van der Waals surface area contributed by atoms with Crippen molar-refractivity contribution >= 4 is 5.97 Å². The minimum Gasteiger partial charge on any atom is -0.466 e. The minimum atomic E-state index is -0.535. The molecule has 1 unspecified atom stereocenters.